The Kier molecular flexibility index (Phi) is 5.56. The summed E-state index contributed by atoms with van der Waals surface area (Å²) in [6, 6.07) is 5.62. The maximum absolute atomic E-state index is 6.18. The number of hydrazine groups is 1. The first-order valence-electron chi connectivity index (χ1n) is 5.55. The van der Waals surface area contributed by atoms with Crippen molar-refractivity contribution in [1.29, 1.82) is 0 Å². The van der Waals surface area contributed by atoms with E-state index in [4.69, 9.17) is 29.0 Å². The number of nitrogens with one attached hydrogen (secondary N) is 1. The monoisotopic (exact) mass is 260 g/mol. The fourth-order valence-electron chi connectivity index (χ4n) is 1.99. The molecule has 0 amide bonds. The summed E-state index contributed by atoms with van der Waals surface area (Å²) in [5.74, 6) is 6.10. The van der Waals surface area contributed by atoms with Gasteiger partial charge in [-0.25, -0.2) is 0 Å². The molecule has 0 radical (unpaired) electrons. The van der Waals surface area contributed by atoms with E-state index in [0.717, 1.165) is 18.4 Å². The number of benzene rings is 1. The number of hydrogen-bond donors (Lipinski definition) is 2. The van der Waals surface area contributed by atoms with Crippen LogP contribution in [-0.2, 0) is 0 Å². The van der Waals surface area contributed by atoms with E-state index < -0.39 is 0 Å². The lowest BCUT2D eigenvalue weighted by Crippen LogP contribution is -2.33. The van der Waals surface area contributed by atoms with Crippen LogP contribution in [0.1, 0.15) is 38.3 Å². The largest absolute Gasteiger partial charge is 0.271 e. The van der Waals surface area contributed by atoms with Crippen molar-refractivity contribution in [2.75, 3.05) is 0 Å². The summed E-state index contributed by atoms with van der Waals surface area (Å²) in [5, 5.41) is 1.32. The molecule has 1 unspecified atom stereocenters. The van der Waals surface area contributed by atoms with Crippen LogP contribution in [0.2, 0.25) is 10.0 Å². The van der Waals surface area contributed by atoms with Crippen LogP contribution in [0.25, 0.3) is 0 Å². The zero-order valence-electron chi connectivity index (χ0n) is 9.63. The van der Waals surface area contributed by atoms with Crippen molar-refractivity contribution in [2.24, 2.45) is 11.8 Å². The third kappa shape index (κ3) is 3.11. The van der Waals surface area contributed by atoms with Crippen molar-refractivity contribution in [3.05, 3.63) is 33.8 Å². The molecule has 90 valence electrons. The van der Waals surface area contributed by atoms with Crippen LogP contribution in [0, 0.1) is 5.92 Å². The van der Waals surface area contributed by atoms with Gasteiger partial charge in [-0.15, -0.1) is 0 Å². The van der Waals surface area contributed by atoms with E-state index in [2.05, 4.69) is 19.3 Å². The van der Waals surface area contributed by atoms with Crippen LogP contribution in [0.4, 0.5) is 0 Å². The molecular formula is C12H18Cl2N2. The average Bonchev–Trinajstić information content (AvgIpc) is 2.27. The minimum Gasteiger partial charge on any atom is -0.271 e. The van der Waals surface area contributed by atoms with Crippen molar-refractivity contribution in [1.82, 2.24) is 5.43 Å². The van der Waals surface area contributed by atoms with Crippen molar-refractivity contribution in [2.45, 2.75) is 32.7 Å². The van der Waals surface area contributed by atoms with E-state index in [1.54, 1.807) is 6.07 Å². The third-order valence-electron chi connectivity index (χ3n) is 3.00. The second kappa shape index (κ2) is 6.45. The summed E-state index contributed by atoms with van der Waals surface area (Å²) in [5.41, 5.74) is 3.87. The first-order chi connectivity index (χ1) is 7.63. The summed E-state index contributed by atoms with van der Waals surface area (Å²) in [6.45, 7) is 4.31. The predicted molar refractivity (Wildman–Crippen MR) is 70.6 cm³/mol. The molecule has 0 saturated carbocycles. The van der Waals surface area contributed by atoms with Gasteiger partial charge in [0, 0.05) is 10.0 Å². The Bertz CT molecular complexity index is 338. The average molecular weight is 261 g/mol. The van der Waals surface area contributed by atoms with Gasteiger partial charge in [-0.05, 0) is 23.6 Å². The van der Waals surface area contributed by atoms with Gasteiger partial charge >= 0.3 is 0 Å². The zero-order valence-corrected chi connectivity index (χ0v) is 11.1. The Morgan fingerprint density at radius 1 is 1.25 bits per heavy atom. The van der Waals surface area contributed by atoms with E-state index in [1.807, 2.05) is 12.1 Å². The molecule has 0 fully saturated rings. The highest BCUT2D eigenvalue weighted by Crippen LogP contribution is 2.32. The van der Waals surface area contributed by atoms with E-state index in [1.165, 1.54) is 0 Å². The molecule has 0 spiro atoms. The summed E-state index contributed by atoms with van der Waals surface area (Å²) in [6.07, 6.45) is 2.12. The minimum atomic E-state index is 0.0831. The lowest BCUT2D eigenvalue weighted by molar-refractivity contribution is 0.345. The smallest absolute Gasteiger partial charge is 0.0502 e. The summed E-state index contributed by atoms with van der Waals surface area (Å²) < 4.78 is 0. The standard InChI is InChI=1S/C12H18Cl2N2/c1-3-8(4-2)12(16-15)10-6-5-9(13)7-11(10)14/h5-8,12,16H,3-4,15H2,1-2H3. The Labute approximate surface area is 107 Å². The third-order valence-corrected chi connectivity index (χ3v) is 3.56. The SMILES string of the molecule is CCC(CC)C(NN)c1ccc(Cl)cc1Cl. The molecule has 0 aliphatic heterocycles. The van der Waals surface area contributed by atoms with E-state index in [9.17, 15) is 0 Å². The molecule has 0 saturated heterocycles. The van der Waals surface area contributed by atoms with Crippen molar-refractivity contribution in [3.63, 3.8) is 0 Å². The summed E-state index contributed by atoms with van der Waals surface area (Å²) >= 11 is 12.1. The molecule has 0 aliphatic rings. The number of nitrogens with two attached hydrogens (primary N) is 1. The van der Waals surface area contributed by atoms with E-state index in [0.29, 0.717) is 16.0 Å². The van der Waals surface area contributed by atoms with Crippen LogP contribution in [-0.4, -0.2) is 0 Å². The quantitative estimate of drug-likeness (QED) is 0.622. The van der Waals surface area contributed by atoms with Crippen LogP contribution in [0.3, 0.4) is 0 Å². The van der Waals surface area contributed by atoms with Gasteiger partial charge in [0.1, 0.15) is 0 Å². The zero-order chi connectivity index (χ0) is 12.1. The normalized spacial score (nSPS) is 13.1. The molecule has 0 aliphatic carbocycles. The van der Waals surface area contributed by atoms with Gasteiger partial charge in [0.2, 0.25) is 0 Å². The number of hydrogen-bond acceptors (Lipinski definition) is 2. The second-order valence-electron chi connectivity index (χ2n) is 3.89. The molecule has 0 heterocycles. The van der Waals surface area contributed by atoms with Crippen molar-refractivity contribution in [3.8, 4) is 0 Å². The highest BCUT2D eigenvalue weighted by Gasteiger charge is 2.21. The van der Waals surface area contributed by atoms with Gasteiger partial charge in [0.15, 0.2) is 0 Å². The van der Waals surface area contributed by atoms with Crippen molar-refractivity contribution < 1.29 is 0 Å². The topological polar surface area (TPSA) is 38.0 Å². The van der Waals surface area contributed by atoms with Gasteiger partial charge in [-0.1, -0.05) is 56.0 Å². The minimum absolute atomic E-state index is 0.0831. The predicted octanol–water partition coefficient (Wildman–Crippen LogP) is 3.93. The highest BCUT2D eigenvalue weighted by atomic mass is 35.5. The van der Waals surface area contributed by atoms with Crippen LogP contribution >= 0.6 is 23.2 Å². The fraction of sp³-hybridized carbons (Fsp3) is 0.500. The molecule has 4 heteroatoms. The Balaban J connectivity index is 3.03. The van der Waals surface area contributed by atoms with Gasteiger partial charge < -0.3 is 0 Å². The molecular weight excluding hydrogens is 243 g/mol. The Morgan fingerprint density at radius 3 is 2.31 bits per heavy atom. The maximum atomic E-state index is 6.18. The van der Waals surface area contributed by atoms with Crippen molar-refractivity contribution >= 4 is 23.2 Å². The van der Waals surface area contributed by atoms with Crippen LogP contribution in [0.5, 0.6) is 0 Å². The fourth-order valence-corrected chi connectivity index (χ4v) is 2.52. The molecule has 1 aromatic carbocycles. The van der Waals surface area contributed by atoms with E-state index in [-0.39, 0.29) is 6.04 Å². The molecule has 1 rings (SSSR count). The molecule has 1 atom stereocenters. The van der Waals surface area contributed by atoms with Gasteiger partial charge in [0.05, 0.1) is 6.04 Å². The number of rotatable bonds is 5. The van der Waals surface area contributed by atoms with E-state index >= 15 is 0 Å². The summed E-state index contributed by atoms with van der Waals surface area (Å²) in [4.78, 5) is 0. The maximum Gasteiger partial charge on any atom is 0.0502 e. The number of halogens is 2. The first-order valence-corrected chi connectivity index (χ1v) is 6.30. The van der Waals surface area contributed by atoms with Gasteiger partial charge in [-0.2, -0.15) is 0 Å². The Morgan fingerprint density at radius 2 is 1.88 bits per heavy atom. The van der Waals surface area contributed by atoms with Crippen LogP contribution in [0.15, 0.2) is 18.2 Å². The summed E-state index contributed by atoms with van der Waals surface area (Å²) in [7, 11) is 0. The second-order valence-corrected chi connectivity index (χ2v) is 4.73. The molecule has 3 N–H and O–H groups in total. The molecule has 0 aromatic heterocycles. The first kappa shape index (κ1) is 13.8. The van der Waals surface area contributed by atoms with Crippen LogP contribution < -0.4 is 11.3 Å². The molecule has 16 heavy (non-hydrogen) atoms. The van der Waals surface area contributed by atoms with Gasteiger partial charge in [0.25, 0.3) is 0 Å². The molecule has 0 bridgehead atoms. The molecule has 1 aromatic rings. The lowest BCUT2D eigenvalue weighted by Gasteiger charge is -2.25. The Hall–Kier alpha value is -0.280. The lowest BCUT2D eigenvalue weighted by atomic mass is 9.89. The highest BCUT2D eigenvalue weighted by molar-refractivity contribution is 6.35. The van der Waals surface area contributed by atoms with Gasteiger partial charge in [-0.3, -0.25) is 11.3 Å². The molecule has 2 nitrogen and oxygen atoms in total.